The van der Waals surface area contributed by atoms with Crippen molar-refractivity contribution in [2.75, 3.05) is 6.61 Å². The zero-order valence-corrected chi connectivity index (χ0v) is 45.5. The molecule has 0 saturated carbocycles. The van der Waals surface area contributed by atoms with E-state index in [2.05, 4.69) is 74.7 Å². The van der Waals surface area contributed by atoms with Gasteiger partial charge in [0.2, 0.25) is 5.91 Å². The molecule has 0 rings (SSSR count). The molecule has 3 atom stereocenters. The molecular weight excluding hydrogens is 839 g/mol. The third kappa shape index (κ3) is 50.2. The molecule has 0 spiro atoms. The monoisotopic (exact) mass is 954 g/mol. The van der Waals surface area contributed by atoms with Crippen molar-refractivity contribution in [2.24, 2.45) is 0 Å². The van der Waals surface area contributed by atoms with Crippen LogP contribution in [-0.2, 0) is 14.3 Å². The van der Waals surface area contributed by atoms with E-state index in [9.17, 15) is 19.8 Å². The average Bonchev–Trinajstić information content (AvgIpc) is 3.33. The minimum atomic E-state index is -0.802. The Bertz CT molecular complexity index is 1160. The van der Waals surface area contributed by atoms with Gasteiger partial charge in [0, 0.05) is 6.42 Å². The molecule has 0 radical (unpaired) electrons. The van der Waals surface area contributed by atoms with Crippen molar-refractivity contribution in [3.8, 4) is 0 Å². The number of aliphatic hydroxyl groups excluding tert-OH is 2. The Morgan fingerprint density at radius 1 is 0.426 bits per heavy atom. The lowest BCUT2D eigenvalue weighted by atomic mass is 10.0. The maximum absolute atomic E-state index is 13.3. The van der Waals surface area contributed by atoms with Gasteiger partial charge in [0.15, 0.2) is 0 Å². The highest BCUT2D eigenvalue weighted by atomic mass is 16.5. The molecule has 0 aliphatic rings. The van der Waals surface area contributed by atoms with Gasteiger partial charge in [0.1, 0.15) is 6.10 Å². The highest BCUT2D eigenvalue weighted by Crippen LogP contribution is 2.18. The molecule has 0 aromatic rings. The minimum Gasteiger partial charge on any atom is -0.462 e. The van der Waals surface area contributed by atoms with Gasteiger partial charge in [-0.25, -0.2) is 0 Å². The van der Waals surface area contributed by atoms with Crippen LogP contribution in [0.4, 0.5) is 0 Å². The second kappa shape index (κ2) is 55.7. The van der Waals surface area contributed by atoms with Crippen LogP contribution in [0.25, 0.3) is 0 Å². The Labute approximate surface area is 423 Å². The van der Waals surface area contributed by atoms with E-state index in [1.54, 1.807) is 0 Å². The maximum Gasteiger partial charge on any atom is 0.306 e. The number of carbonyl (C=O) groups is 2. The largest absolute Gasteiger partial charge is 0.462 e. The Hall–Kier alpha value is -2.18. The summed E-state index contributed by atoms with van der Waals surface area (Å²) in [4.78, 5) is 26.3. The summed E-state index contributed by atoms with van der Waals surface area (Å²) in [7, 11) is 0. The molecule has 3 N–H and O–H groups in total. The van der Waals surface area contributed by atoms with Crippen molar-refractivity contribution >= 4 is 11.9 Å². The SMILES string of the molecule is CCCCC/C=C\C/C=C\C/C=C\C/C=C\CCCC(CC(=O)NC(CO)C(O)CCCCCCCCCCCCCCCC)OC(=O)CCCCCCCCCCCCCCCCCCCC. The van der Waals surface area contributed by atoms with Crippen molar-refractivity contribution in [3.05, 3.63) is 48.6 Å². The lowest BCUT2D eigenvalue weighted by molar-refractivity contribution is -0.151. The summed E-state index contributed by atoms with van der Waals surface area (Å²) in [6, 6.07) is -0.718. The van der Waals surface area contributed by atoms with Crippen LogP contribution in [0.15, 0.2) is 48.6 Å². The molecule has 68 heavy (non-hydrogen) atoms. The van der Waals surface area contributed by atoms with E-state index in [0.29, 0.717) is 19.3 Å². The number of hydrogen-bond acceptors (Lipinski definition) is 5. The van der Waals surface area contributed by atoms with Crippen LogP contribution in [-0.4, -0.2) is 46.9 Å². The second-order valence-corrected chi connectivity index (χ2v) is 20.4. The third-order valence-electron chi connectivity index (χ3n) is 13.7. The number of aliphatic hydroxyl groups is 2. The average molecular weight is 955 g/mol. The highest BCUT2D eigenvalue weighted by Gasteiger charge is 2.24. The van der Waals surface area contributed by atoms with Gasteiger partial charge in [0.05, 0.1) is 25.2 Å². The molecular formula is C62H115NO5. The van der Waals surface area contributed by atoms with Crippen LogP contribution in [0.3, 0.4) is 0 Å². The topological polar surface area (TPSA) is 95.9 Å². The molecule has 0 aliphatic carbocycles. The number of hydrogen-bond donors (Lipinski definition) is 3. The summed E-state index contributed by atoms with van der Waals surface area (Å²) in [5.74, 6) is -0.513. The second-order valence-electron chi connectivity index (χ2n) is 20.4. The Balaban J connectivity index is 4.61. The molecule has 0 heterocycles. The fourth-order valence-electron chi connectivity index (χ4n) is 9.13. The van der Waals surface area contributed by atoms with Crippen molar-refractivity contribution in [1.29, 1.82) is 0 Å². The van der Waals surface area contributed by atoms with Crippen LogP contribution in [0.5, 0.6) is 0 Å². The van der Waals surface area contributed by atoms with Crippen molar-refractivity contribution < 1.29 is 24.5 Å². The van der Waals surface area contributed by atoms with Gasteiger partial charge in [-0.3, -0.25) is 9.59 Å². The number of rotatable bonds is 54. The summed E-state index contributed by atoms with van der Waals surface area (Å²) in [5.41, 5.74) is 0. The van der Waals surface area contributed by atoms with E-state index in [0.717, 1.165) is 70.6 Å². The van der Waals surface area contributed by atoms with Crippen molar-refractivity contribution in [3.63, 3.8) is 0 Å². The molecule has 6 nitrogen and oxygen atoms in total. The quantitative estimate of drug-likeness (QED) is 0.0321. The van der Waals surface area contributed by atoms with E-state index >= 15 is 0 Å². The molecule has 0 aliphatic heterocycles. The molecule has 398 valence electrons. The van der Waals surface area contributed by atoms with E-state index in [1.807, 2.05) is 0 Å². The Kier molecular flexibility index (Phi) is 54.0. The fourth-order valence-corrected chi connectivity index (χ4v) is 9.13. The van der Waals surface area contributed by atoms with E-state index in [1.165, 1.54) is 193 Å². The summed E-state index contributed by atoms with van der Waals surface area (Å²) >= 11 is 0. The summed E-state index contributed by atoms with van der Waals surface area (Å²) < 4.78 is 5.95. The normalized spacial score (nSPS) is 13.4. The number of unbranched alkanes of at least 4 members (excludes halogenated alkanes) is 34. The number of allylic oxidation sites excluding steroid dienone is 8. The zero-order chi connectivity index (χ0) is 49.5. The first-order valence-corrected chi connectivity index (χ1v) is 29.9. The van der Waals surface area contributed by atoms with E-state index in [-0.39, 0.29) is 24.9 Å². The zero-order valence-electron chi connectivity index (χ0n) is 45.5. The van der Waals surface area contributed by atoms with Gasteiger partial charge in [-0.2, -0.15) is 0 Å². The molecule has 1 amide bonds. The molecule has 0 aromatic heterocycles. The Morgan fingerprint density at radius 2 is 0.765 bits per heavy atom. The molecule has 6 heteroatoms. The van der Waals surface area contributed by atoms with Crippen LogP contribution in [0.2, 0.25) is 0 Å². The number of esters is 1. The van der Waals surface area contributed by atoms with Crippen LogP contribution in [0, 0.1) is 0 Å². The standard InChI is InChI=1S/C62H115NO5/c1-4-7-10-13-16-19-22-25-28-30-32-34-37-40-43-46-49-52-55-62(67)68-58(53-50-47-44-41-38-35-33-31-29-26-23-20-17-14-11-8-5-2)56-61(66)63-59(57-64)60(65)54-51-48-45-42-39-36-27-24-21-18-15-12-9-6-3/h17,20,26,29,33,35,41,44,58-60,64-65H,4-16,18-19,21-25,27-28,30-32,34,36-40,42-43,45-57H2,1-3H3,(H,63,66)/b20-17-,29-26-,35-33-,44-41-. The van der Waals surface area contributed by atoms with E-state index < -0.39 is 18.2 Å². The Morgan fingerprint density at radius 3 is 1.16 bits per heavy atom. The van der Waals surface area contributed by atoms with Gasteiger partial charge in [0.25, 0.3) is 0 Å². The number of amides is 1. The summed E-state index contributed by atoms with van der Waals surface area (Å²) in [5, 5.41) is 23.9. The van der Waals surface area contributed by atoms with Gasteiger partial charge >= 0.3 is 5.97 Å². The molecule has 0 bridgehead atoms. The van der Waals surface area contributed by atoms with Crippen LogP contribution < -0.4 is 5.32 Å². The lowest BCUT2D eigenvalue weighted by Gasteiger charge is -2.24. The van der Waals surface area contributed by atoms with Gasteiger partial charge in [-0.1, -0.05) is 281 Å². The number of carbonyl (C=O) groups excluding carboxylic acids is 2. The first kappa shape index (κ1) is 65.8. The lowest BCUT2D eigenvalue weighted by Crippen LogP contribution is -2.46. The maximum atomic E-state index is 13.3. The first-order valence-electron chi connectivity index (χ1n) is 29.9. The summed E-state index contributed by atoms with van der Waals surface area (Å²) in [6.45, 7) is 6.48. The van der Waals surface area contributed by atoms with Gasteiger partial charge < -0.3 is 20.3 Å². The number of ether oxygens (including phenoxy) is 1. The predicted molar refractivity (Wildman–Crippen MR) is 296 cm³/mol. The molecule has 0 aromatic carbocycles. The molecule has 3 unspecified atom stereocenters. The minimum absolute atomic E-state index is 0.0432. The van der Waals surface area contributed by atoms with Crippen LogP contribution >= 0.6 is 0 Å². The summed E-state index contributed by atoms with van der Waals surface area (Å²) in [6.07, 6.45) is 69.0. The third-order valence-corrected chi connectivity index (χ3v) is 13.7. The van der Waals surface area contributed by atoms with Crippen LogP contribution in [0.1, 0.15) is 310 Å². The number of nitrogens with one attached hydrogen (secondary N) is 1. The van der Waals surface area contributed by atoms with Crippen molar-refractivity contribution in [2.45, 2.75) is 328 Å². The van der Waals surface area contributed by atoms with Gasteiger partial charge in [-0.15, -0.1) is 0 Å². The smallest absolute Gasteiger partial charge is 0.306 e. The van der Waals surface area contributed by atoms with E-state index in [4.69, 9.17) is 4.74 Å². The predicted octanol–water partition coefficient (Wildman–Crippen LogP) is 18.6. The first-order chi connectivity index (χ1) is 33.5. The highest BCUT2D eigenvalue weighted by molar-refractivity contribution is 5.77. The van der Waals surface area contributed by atoms with Gasteiger partial charge in [-0.05, 0) is 64.2 Å². The molecule has 0 saturated heterocycles. The fraction of sp³-hybridized carbons (Fsp3) is 0.839. The molecule has 0 fully saturated rings. The van der Waals surface area contributed by atoms with Crippen molar-refractivity contribution in [1.82, 2.24) is 5.32 Å².